The van der Waals surface area contributed by atoms with Crippen molar-refractivity contribution < 1.29 is 0 Å². The predicted octanol–water partition coefficient (Wildman–Crippen LogP) is 3.33. The molecule has 27 heavy (non-hydrogen) atoms. The van der Waals surface area contributed by atoms with Crippen LogP contribution < -0.4 is 10.5 Å². The Balaban J connectivity index is 1.43. The molecule has 0 atom stereocenters. The molecule has 2 aromatic heterocycles. The average molecular weight is 365 g/mol. The van der Waals surface area contributed by atoms with Crippen molar-refractivity contribution >= 4 is 17.0 Å². The van der Waals surface area contributed by atoms with Gasteiger partial charge in [-0.15, -0.1) is 0 Å². The van der Waals surface area contributed by atoms with E-state index in [1.807, 2.05) is 24.3 Å². The second-order valence-corrected chi connectivity index (χ2v) is 8.50. The van der Waals surface area contributed by atoms with Crippen LogP contribution in [0.1, 0.15) is 39.3 Å². The quantitative estimate of drug-likeness (QED) is 0.773. The van der Waals surface area contributed by atoms with Gasteiger partial charge in [0, 0.05) is 31.1 Å². The van der Waals surface area contributed by atoms with Crippen molar-refractivity contribution in [3.63, 3.8) is 0 Å². The molecule has 0 amide bonds. The molecule has 142 valence electrons. The summed E-state index contributed by atoms with van der Waals surface area (Å²) >= 11 is 0. The van der Waals surface area contributed by atoms with Gasteiger partial charge in [0.15, 0.2) is 0 Å². The van der Waals surface area contributed by atoms with Crippen LogP contribution in [0, 0.1) is 5.92 Å². The Bertz CT molecular complexity index is 956. The van der Waals surface area contributed by atoms with Crippen LogP contribution in [0.3, 0.4) is 0 Å². The SMILES string of the molecule is CC(C)(C)c1ccc(=O)n(CC2CCN(c3nc4ccccc4[nH]3)CC2)n1. The molecule has 0 aliphatic carbocycles. The minimum Gasteiger partial charge on any atom is -0.342 e. The summed E-state index contributed by atoms with van der Waals surface area (Å²) in [5.74, 6) is 1.41. The van der Waals surface area contributed by atoms with E-state index in [9.17, 15) is 4.79 Å². The molecule has 0 unspecified atom stereocenters. The summed E-state index contributed by atoms with van der Waals surface area (Å²) in [5, 5.41) is 4.62. The summed E-state index contributed by atoms with van der Waals surface area (Å²) in [6.07, 6.45) is 2.07. The van der Waals surface area contributed by atoms with E-state index in [0.717, 1.165) is 48.6 Å². The molecule has 6 heteroatoms. The Hall–Kier alpha value is -2.63. The summed E-state index contributed by atoms with van der Waals surface area (Å²) in [5.41, 5.74) is 2.97. The molecule has 1 saturated heterocycles. The van der Waals surface area contributed by atoms with Crippen molar-refractivity contribution in [1.29, 1.82) is 0 Å². The maximum Gasteiger partial charge on any atom is 0.266 e. The number of piperidine rings is 1. The van der Waals surface area contributed by atoms with Crippen molar-refractivity contribution in [2.75, 3.05) is 18.0 Å². The normalized spacial score (nSPS) is 16.2. The van der Waals surface area contributed by atoms with E-state index in [4.69, 9.17) is 4.98 Å². The maximum atomic E-state index is 12.2. The van der Waals surface area contributed by atoms with Crippen molar-refractivity contribution in [3.05, 3.63) is 52.4 Å². The van der Waals surface area contributed by atoms with Gasteiger partial charge in [0.25, 0.3) is 5.56 Å². The second kappa shape index (κ2) is 6.83. The van der Waals surface area contributed by atoms with Gasteiger partial charge in [-0.25, -0.2) is 9.67 Å². The van der Waals surface area contributed by atoms with Gasteiger partial charge in [0.2, 0.25) is 5.95 Å². The lowest BCUT2D eigenvalue weighted by Crippen LogP contribution is -2.37. The number of aromatic nitrogens is 4. The highest BCUT2D eigenvalue weighted by molar-refractivity contribution is 5.77. The third-order valence-corrected chi connectivity index (χ3v) is 5.36. The molecule has 4 rings (SSSR count). The topological polar surface area (TPSA) is 66.8 Å². The fourth-order valence-electron chi connectivity index (χ4n) is 3.64. The minimum atomic E-state index is -0.0554. The molecule has 1 aliphatic heterocycles. The zero-order valence-corrected chi connectivity index (χ0v) is 16.3. The molecule has 0 spiro atoms. The van der Waals surface area contributed by atoms with Crippen LogP contribution in [0.4, 0.5) is 5.95 Å². The Morgan fingerprint density at radius 1 is 1.11 bits per heavy atom. The van der Waals surface area contributed by atoms with Crippen LogP contribution in [0.15, 0.2) is 41.2 Å². The van der Waals surface area contributed by atoms with Crippen LogP contribution in [0.2, 0.25) is 0 Å². The number of hydrogen-bond acceptors (Lipinski definition) is 4. The van der Waals surface area contributed by atoms with Crippen molar-refractivity contribution in [1.82, 2.24) is 19.7 Å². The zero-order valence-electron chi connectivity index (χ0n) is 16.3. The van der Waals surface area contributed by atoms with E-state index in [2.05, 4.69) is 41.8 Å². The largest absolute Gasteiger partial charge is 0.342 e. The lowest BCUT2D eigenvalue weighted by molar-refractivity contribution is 0.329. The summed E-state index contributed by atoms with van der Waals surface area (Å²) in [7, 11) is 0. The number of hydrogen-bond donors (Lipinski definition) is 1. The number of fused-ring (bicyclic) bond motifs is 1. The molecular formula is C21H27N5O. The van der Waals surface area contributed by atoms with E-state index in [1.54, 1.807) is 10.7 Å². The second-order valence-electron chi connectivity index (χ2n) is 8.50. The molecule has 1 aromatic carbocycles. The first kappa shape index (κ1) is 17.8. The summed E-state index contributed by atoms with van der Waals surface area (Å²) in [4.78, 5) is 22.6. The molecule has 0 saturated carbocycles. The monoisotopic (exact) mass is 365 g/mol. The third kappa shape index (κ3) is 3.75. The van der Waals surface area contributed by atoms with E-state index in [1.165, 1.54) is 0 Å². The number of para-hydroxylation sites is 2. The van der Waals surface area contributed by atoms with E-state index >= 15 is 0 Å². The first-order valence-corrected chi connectivity index (χ1v) is 9.68. The van der Waals surface area contributed by atoms with Gasteiger partial charge in [0.1, 0.15) is 0 Å². The standard InChI is InChI=1S/C21H27N5O/c1-21(2,3)18-8-9-19(27)26(24-18)14-15-10-12-25(13-11-15)20-22-16-6-4-5-7-17(16)23-20/h4-9,15H,10-14H2,1-3H3,(H,22,23). The molecular weight excluding hydrogens is 338 g/mol. The number of anilines is 1. The van der Waals surface area contributed by atoms with Gasteiger partial charge in [-0.2, -0.15) is 5.10 Å². The fraction of sp³-hybridized carbons (Fsp3) is 0.476. The Morgan fingerprint density at radius 3 is 2.56 bits per heavy atom. The third-order valence-electron chi connectivity index (χ3n) is 5.36. The van der Waals surface area contributed by atoms with E-state index in [0.29, 0.717) is 12.5 Å². The number of imidazole rings is 1. The van der Waals surface area contributed by atoms with Gasteiger partial charge >= 0.3 is 0 Å². The molecule has 6 nitrogen and oxygen atoms in total. The van der Waals surface area contributed by atoms with Gasteiger partial charge in [-0.3, -0.25) is 4.79 Å². The van der Waals surface area contributed by atoms with Crippen LogP contribution >= 0.6 is 0 Å². The summed E-state index contributed by atoms with van der Waals surface area (Å²) < 4.78 is 1.65. The number of nitrogens with zero attached hydrogens (tertiary/aromatic N) is 4. The first-order chi connectivity index (χ1) is 12.9. The number of nitrogens with one attached hydrogen (secondary N) is 1. The van der Waals surface area contributed by atoms with Crippen LogP contribution in [0.5, 0.6) is 0 Å². The maximum absolute atomic E-state index is 12.2. The highest BCUT2D eigenvalue weighted by atomic mass is 16.1. The van der Waals surface area contributed by atoms with Crippen LogP contribution in [0.25, 0.3) is 11.0 Å². The van der Waals surface area contributed by atoms with E-state index in [-0.39, 0.29) is 11.0 Å². The van der Waals surface area contributed by atoms with E-state index < -0.39 is 0 Å². The molecule has 0 radical (unpaired) electrons. The lowest BCUT2D eigenvalue weighted by atomic mass is 9.92. The lowest BCUT2D eigenvalue weighted by Gasteiger charge is -2.32. The van der Waals surface area contributed by atoms with Gasteiger partial charge in [0.05, 0.1) is 16.7 Å². The highest BCUT2D eigenvalue weighted by Gasteiger charge is 2.23. The zero-order chi connectivity index (χ0) is 19.0. The molecule has 3 aromatic rings. The smallest absolute Gasteiger partial charge is 0.266 e. The number of rotatable bonds is 3. The Labute approximate surface area is 159 Å². The minimum absolute atomic E-state index is 0.0114. The van der Waals surface area contributed by atoms with Gasteiger partial charge < -0.3 is 9.88 Å². The number of aromatic amines is 1. The summed E-state index contributed by atoms with van der Waals surface area (Å²) in [6.45, 7) is 8.94. The summed E-state index contributed by atoms with van der Waals surface area (Å²) in [6, 6.07) is 11.6. The van der Waals surface area contributed by atoms with Crippen molar-refractivity contribution in [2.24, 2.45) is 5.92 Å². The highest BCUT2D eigenvalue weighted by Crippen LogP contribution is 2.24. The molecule has 3 heterocycles. The van der Waals surface area contributed by atoms with Gasteiger partial charge in [-0.05, 0) is 37.0 Å². The predicted molar refractivity (Wildman–Crippen MR) is 108 cm³/mol. The number of benzene rings is 1. The van der Waals surface area contributed by atoms with Gasteiger partial charge in [-0.1, -0.05) is 32.9 Å². The first-order valence-electron chi connectivity index (χ1n) is 9.68. The van der Waals surface area contributed by atoms with Crippen LogP contribution in [-0.4, -0.2) is 32.8 Å². The molecule has 1 N–H and O–H groups in total. The van der Waals surface area contributed by atoms with Crippen molar-refractivity contribution in [2.45, 2.75) is 45.6 Å². The molecule has 0 bridgehead atoms. The van der Waals surface area contributed by atoms with Crippen LogP contribution in [-0.2, 0) is 12.0 Å². The fourth-order valence-corrected chi connectivity index (χ4v) is 3.64. The Kier molecular flexibility index (Phi) is 4.50. The molecule has 1 fully saturated rings. The number of H-pyrrole nitrogens is 1. The van der Waals surface area contributed by atoms with Crippen molar-refractivity contribution in [3.8, 4) is 0 Å². The average Bonchev–Trinajstić information content (AvgIpc) is 3.07. The molecule has 1 aliphatic rings. The Morgan fingerprint density at radius 2 is 1.85 bits per heavy atom.